The summed E-state index contributed by atoms with van der Waals surface area (Å²) in [6.45, 7) is 5.33. The van der Waals surface area contributed by atoms with Gasteiger partial charge in [-0.3, -0.25) is 4.90 Å². The molecule has 0 atom stereocenters. The van der Waals surface area contributed by atoms with Crippen molar-refractivity contribution in [2.45, 2.75) is 51.0 Å². The fourth-order valence-electron chi connectivity index (χ4n) is 5.29. The zero-order chi connectivity index (χ0) is 27.0. The second-order valence-electron chi connectivity index (χ2n) is 9.90. The van der Waals surface area contributed by atoms with E-state index < -0.39 is 23.7 Å². The highest BCUT2D eigenvalue weighted by atomic mass is 19.4. The van der Waals surface area contributed by atoms with Gasteiger partial charge < -0.3 is 15.2 Å². The maximum absolute atomic E-state index is 13.9. The van der Waals surface area contributed by atoms with Crippen LogP contribution >= 0.6 is 0 Å². The molecule has 0 bridgehead atoms. The molecule has 2 aliphatic heterocycles. The summed E-state index contributed by atoms with van der Waals surface area (Å²) in [6, 6.07) is 2.96. The molecule has 4 heterocycles. The van der Waals surface area contributed by atoms with Crippen molar-refractivity contribution in [1.82, 2.24) is 24.4 Å². The number of likely N-dealkylation sites (tertiary alicyclic amines) is 1. The summed E-state index contributed by atoms with van der Waals surface area (Å²) < 4.78 is 69.2. The zero-order valence-corrected chi connectivity index (χ0v) is 21.1. The van der Waals surface area contributed by atoms with Crippen LogP contribution in [0.4, 0.5) is 33.6 Å². The molecule has 2 aromatic heterocycles. The summed E-state index contributed by atoms with van der Waals surface area (Å²) in [5.74, 6) is 0.819. The van der Waals surface area contributed by atoms with E-state index in [0.717, 1.165) is 42.2 Å². The molecule has 0 saturated carbocycles. The minimum atomic E-state index is -4.81. The smallest absolute Gasteiger partial charge is 0.383 e. The van der Waals surface area contributed by atoms with Crippen LogP contribution < -0.4 is 10.6 Å². The van der Waals surface area contributed by atoms with Crippen molar-refractivity contribution in [3.63, 3.8) is 0 Å². The third-order valence-corrected chi connectivity index (χ3v) is 7.41. The van der Waals surface area contributed by atoms with Crippen LogP contribution in [0.2, 0.25) is 0 Å². The maximum atomic E-state index is 13.9. The number of anilines is 2. The molecule has 0 amide bonds. The van der Waals surface area contributed by atoms with Crippen molar-refractivity contribution in [3.8, 4) is 11.3 Å². The van der Waals surface area contributed by atoms with E-state index >= 15 is 0 Å². The average molecular weight is 536 g/mol. The van der Waals surface area contributed by atoms with Gasteiger partial charge in [-0.15, -0.1) is 0 Å². The highest BCUT2D eigenvalue weighted by molar-refractivity contribution is 5.60. The van der Waals surface area contributed by atoms with E-state index in [-0.39, 0.29) is 11.5 Å². The van der Waals surface area contributed by atoms with Crippen LogP contribution in [0.1, 0.15) is 42.6 Å². The van der Waals surface area contributed by atoms with Crippen LogP contribution in [-0.4, -0.2) is 63.3 Å². The van der Waals surface area contributed by atoms with Gasteiger partial charge in [-0.25, -0.2) is 23.7 Å². The molecule has 0 spiro atoms. The molecule has 0 unspecified atom stereocenters. The van der Waals surface area contributed by atoms with E-state index in [9.17, 15) is 22.0 Å². The minimum Gasteiger partial charge on any atom is -0.383 e. The summed E-state index contributed by atoms with van der Waals surface area (Å²) in [5, 5.41) is 0. The second-order valence-corrected chi connectivity index (χ2v) is 9.90. The van der Waals surface area contributed by atoms with Gasteiger partial charge >= 0.3 is 6.18 Å². The lowest BCUT2D eigenvalue weighted by Crippen LogP contribution is -2.49. The van der Waals surface area contributed by atoms with E-state index in [4.69, 9.17) is 10.7 Å². The molecule has 5 rings (SSSR count). The Hall–Kier alpha value is -3.28. The normalized spacial score (nSPS) is 17.7. The summed E-state index contributed by atoms with van der Waals surface area (Å²) >= 11 is 0. The molecule has 3 aromatic rings. The number of nitrogens with zero attached hydrogens (tertiary/aromatic N) is 6. The Kier molecular flexibility index (Phi) is 7.26. The van der Waals surface area contributed by atoms with Crippen molar-refractivity contribution in [3.05, 3.63) is 53.5 Å². The molecule has 2 N–H and O–H groups in total. The number of nitrogen functional groups attached to an aromatic ring is 1. The first kappa shape index (κ1) is 26.3. The average Bonchev–Trinajstić information content (AvgIpc) is 3.29. The Bertz CT molecular complexity index is 1280. The number of hydrogen-bond acceptors (Lipinski definition) is 6. The van der Waals surface area contributed by atoms with Crippen LogP contribution in [0.15, 0.2) is 30.7 Å². The highest BCUT2D eigenvalue weighted by Gasteiger charge is 2.35. The number of imidazole rings is 1. The molecule has 1 aromatic carbocycles. The van der Waals surface area contributed by atoms with Gasteiger partial charge in [0.2, 0.25) is 0 Å². The first-order valence-corrected chi connectivity index (χ1v) is 12.8. The summed E-state index contributed by atoms with van der Waals surface area (Å²) in [4.78, 5) is 17.5. The van der Waals surface area contributed by atoms with Gasteiger partial charge in [-0.05, 0) is 37.5 Å². The van der Waals surface area contributed by atoms with Crippen LogP contribution in [0.3, 0.4) is 0 Å². The van der Waals surface area contributed by atoms with E-state index in [0.29, 0.717) is 57.2 Å². The number of nitrogens with two attached hydrogens (primary N) is 1. The van der Waals surface area contributed by atoms with Gasteiger partial charge in [-0.2, -0.15) is 13.2 Å². The molecule has 2 fully saturated rings. The molecular formula is C26H30F5N7. The lowest BCUT2D eigenvalue weighted by molar-refractivity contribution is -0.139. The molecular weight excluding hydrogens is 505 g/mol. The highest BCUT2D eigenvalue weighted by Crippen LogP contribution is 2.36. The molecule has 38 heavy (non-hydrogen) atoms. The van der Waals surface area contributed by atoms with Crippen LogP contribution in [0.25, 0.3) is 11.3 Å². The Labute approximate surface area is 217 Å². The van der Waals surface area contributed by atoms with Crippen LogP contribution in [0, 0.1) is 5.82 Å². The van der Waals surface area contributed by atoms with Gasteiger partial charge in [0.25, 0.3) is 0 Å². The van der Waals surface area contributed by atoms with E-state index in [1.165, 1.54) is 12.4 Å². The standard InChI is InChI=1S/C26H30F5N7/c1-2-19-23(32)33-15-34-25(19)37-7-5-16(6-8-37)24-35-22(14-38(24)10-9-36-12-18(27)13-36)17-3-4-21(28)20(11-17)26(29,30)31/h3-4,11,14-16,18H,2,5-10,12-13H2,1H3,(H2,32,33,34). The first-order valence-electron chi connectivity index (χ1n) is 12.8. The molecule has 2 aliphatic rings. The van der Waals surface area contributed by atoms with E-state index in [1.807, 2.05) is 16.4 Å². The Morgan fingerprint density at radius 1 is 1.08 bits per heavy atom. The minimum absolute atomic E-state index is 0.0668. The molecule has 0 radical (unpaired) electrons. The SMILES string of the molecule is CCc1c(N)ncnc1N1CCC(c2nc(-c3ccc(F)c(C(F)(F)F)c3)cn2CCN2CC(F)C2)CC1. The quantitative estimate of drug-likeness (QED) is 0.443. The number of piperidine rings is 1. The van der Waals surface area contributed by atoms with E-state index in [1.54, 1.807) is 6.20 Å². The maximum Gasteiger partial charge on any atom is 0.419 e. The molecule has 0 aliphatic carbocycles. The fraction of sp³-hybridized carbons (Fsp3) is 0.500. The van der Waals surface area contributed by atoms with Crippen molar-refractivity contribution in [2.24, 2.45) is 0 Å². The third-order valence-electron chi connectivity index (χ3n) is 7.41. The zero-order valence-electron chi connectivity index (χ0n) is 21.1. The molecule has 204 valence electrons. The third kappa shape index (κ3) is 5.31. The topological polar surface area (TPSA) is 76.1 Å². The van der Waals surface area contributed by atoms with Crippen LogP contribution in [-0.2, 0) is 19.1 Å². The number of rotatable bonds is 7. The number of benzene rings is 1. The summed E-state index contributed by atoms with van der Waals surface area (Å²) in [6.07, 6.45) is -0.203. The van der Waals surface area contributed by atoms with Crippen molar-refractivity contribution in [2.75, 3.05) is 43.4 Å². The van der Waals surface area contributed by atoms with E-state index in [2.05, 4.69) is 14.9 Å². The second kappa shape index (κ2) is 10.5. The van der Waals surface area contributed by atoms with Crippen molar-refractivity contribution >= 4 is 11.6 Å². The number of hydrogen-bond donors (Lipinski definition) is 1. The lowest BCUT2D eigenvalue weighted by Gasteiger charge is -2.35. The number of aromatic nitrogens is 4. The Morgan fingerprint density at radius 3 is 2.47 bits per heavy atom. The Balaban J connectivity index is 1.40. The van der Waals surface area contributed by atoms with Crippen LogP contribution in [0.5, 0.6) is 0 Å². The predicted molar refractivity (Wildman–Crippen MR) is 134 cm³/mol. The summed E-state index contributed by atoms with van der Waals surface area (Å²) in [5.41, 5.74) is 6.21. The summed E-state index contributed by atoms with van der Waals surface area (Å²) in [7, 11) is 0. The van der Waals surface area contributed by atoms with Gasteiger partial charge in [0.1, 0.15) is 35.8 Å². The largest absolute Gasteiger partial charge is 0.419 e. The lowest BCUT2D eigenvalue weighted by atomic mass is 9.95. The van der Waals surface area contributed by atoms with Crippen molar-refractivity contribution < 1.29 is 22.0 Å². The monoisotopic (exact) mass is 535 g/mol. The Morgan fingerprint density at radius 2 is 1.82 bits per heavy atom. The number of alkyl halides is 4. The predicted octanol–water partition coefficient (Wildman–Crippen LogP) is 4.68. The van der Waals surface area contributed by atoms with Crippen molar-refractivity contribution in [1.29, 1.82) is 0 Å². The van der Waals surface area contributed by atoms with Gasteiger partial charge in [0.05, 0.1) is 11.3 Å². The molecule has 12 heteroatoms. The fourth-order valence-corrected chi connectivity index (χ4v) is 5.29. The number of halogens is 5. The molecule has 2 saturated heterocycles. The first-order chi connectivity index (χ1) is 18.1. The van der Waals surface area contributed by atoms with Gasteiger partial charge in [0, 0.05) is 62.5 Å². The van der Waals surface area contributed by atoms with Gasteiger partial charge in [-0.1, -0.05) is 6.92 Å². The molecule has 7 nitrogen and oxygen atoms in total. The van der Waals surface area contributed by atoms with Gasteiger partial charge in [0.15, 0.2) is 0 Å².